The zero-order valence-corrected chi connectivity index (χ0v) is 11.8. The molecule has 0 fully saturated rings. The fraction of sp³-hybridized carbons (Fsp3) is 0.200. The molecule has 0 bridgehead atoms. The Morgan fingerprint density at radius 1 is 1.39 bits per heavy atom. The predicted molar refractivity (Wildman–Crippen MR) is 70.0 cm³/mol. The van der Waals surface area contributed by atoms with Crippen LogP contribution in [-0.4, -0.2) is 29.7 Å². The summed E-state index contributed by atoms with van der Waals surface area (Å²) in [6.45, 7) is 0.231. The quantitative estimate of drug-likeness (QED) is 0.811. The van der Waals surface area contributed by atoms with Crippen LogP contribution in [0.4, 0.5) is 0 Å². The van der Waals surface area contributed by atoms with Gasteiger partial charge in [0.15, 0.2) is 0 Å². The van der Waals surface area contributed by atoms with Crippen molar-refractivity contribution in [2.24, 2.45) is 0 Å². The maximum absolute atomic E-state index is 12.2. The van der Waals surface area contributed by atoms with Crippen LogP contribution in [0.2, 0.25) is 5.15 Å². The molecule has 0 aliphatic carbocycles. The molecule has 0 atom stereocenters. The monoisotopic (exact) mass is 303 g/mol. The molecular formula is C10H10ClN3O2S2. The molecule has 0 amide bonds. The smallest absolute Gasteiger partial charge is 0.244 e. The van der Waals surface area contributed by atoms with E-state index >= 15 is 0 Å². The van der Waals surface area contributed by atoms with Crippen LogP contribution in [0.15, 0.2) is 34.1 Å². The van der Waals surface area contributed by atoms with E-state index in [4.69, 9.17) is 11.6 Å². The molecule has 2 aromatic heterocycles. The van der Waals surface area contributed by atoms with Crippen molar-refractivity contribution in [1.82, 2.24) is 14.3 Å². The molecular weight excluding hydrogens is 294 g/mol. The minimum absolute atomic E-state index is 0.115. The van der Waals surface area contributed by atoms with Crippen LogP contribution in [0, 0.1) is 0 Å². The summed E-state index contributed by atoms with van der Waals surface area (Å²) in [5, 5.41) is 2.07. The van der Waals surface area contributed by atoms with Gasteiger partial charge in [0, 0.05) is 18.6 Å². The van der Waals surface area contributed by atoms with Gasteiger partial charge in [0.25, 0.3) is 0 Å². The van der Waals surface area contributed by atoms with E-state index in [1.54, 1.807) is 5.51 Å². The minimum Gasteiger partial charge on any atom is -0.248 e. The maximum atomic E-state index is 12.2. The molecule has 0 spiro atoms. The Bertz CT molecular complexity index is 611. The van der Waals surface area contributed by atoms with Gasteiger partial charge in [-0.1, -0.05) is 11.6 Å². The molecule has 0 radical (unpaired) electrons. The van der Waals surface area contributed by atoms with Crippen molar-refractivity contribution in [2.75, 3.05) is 7.05 Å². The fourth-order valence-electron chi connectivity index (χ4n) is 1.32. The highest BCUT2D eigenvalue weighted by Gasteiger charge is 2.21. The number of pyridine rings is 1. The summed E-state index contributed by atoms with van der Waals surface area (Å²) in [6, 6.07) is 2.88. The first-order valence-electron chi connectivity index (χ1n) is 4.95. The van der Waals surface area contributed by atoms with Crippen molar-refractivity contribution in [2.45, 2.75) is 11.4 Å². The van der Waals surface area contributed by atoms with E-state index < -0.39 is 10.0 Å². The van der Waals surface area contributed by atoms with Crippen LogP contribution < -0.4 is 0 Å². The molecule has 2 heterocycles. The summed E-state index contributed by atoms with van der Waals surface area (Å²) in [7, 11) is -2.05. The van der Waals surface area contributed by atoms with Crippen molar-refractivity contribution in [3.8, 4) is 0 Å². The normalized spacial score (nSPS) is 11.9. The maximum Gasteiger partial charge on any atom is 0.244 e. The lowest BCUT2D eigenvalue weighted by atomic mass is 10.5. The average molecular weight is 304 g/mol. The number of rotatable bonds is 4. The highest BCUT2D eigenvalue weighted by atomic mass is 35.5. The molecule has 0 aliphatic rings. The number of aromatic nitrogens is 2. The van der Waals surface area contributed by atoms with Gasteiger partial charge < -0.3 is 0 Å². The summed E-state index contributed by atoms with van der Waals surface area (Å²) < 4.78 is 25.6. The Morgan fingerprint density at radius 2 is 2.17 bits per heavy atom. The second kappa shape index (κ2) is 5.31. The van der Waals surface area contributed by atoms with Gasteiger partial charge in [-0.25, -0.2) is 18.4 Å². The lowest BCUT2D eigenvalue weighted by molar-refractivity contribution is 0.462. The lowest BCUT2D eigenvalue weighted by Crippen LogP contribution is -2.26. The summed E-state index contributed by atoms with van der Waals surface area (Å²) in [6.07, 6.45) is 1.25. The van der Waals surface area contributed by atoms with Crippen molar-refractivity contribution < 1.29 is 8.42 Å². The van der Waals surface area contributed by atoms with Crippen LogP contribution in [-0.2, 0) is 16.6 Å². The van der Waals surface area contributed by atoms with Crippen molar-refractivity contribution in [1.29, 1.82) is 0 Å². The number of nitrogens with zero attached hydrogens (tertiary/aromatic N) is 3. The standard InChI is InChI=1S/C10H10ClN3O2S2/c1-14(5-8-6-17-7-13-8)18(15,16)9-2-3-10(11)12-4-9/h2-4,6-7H,5H2,1H3. The molecule has 0 aromatic carbocycles. The van der Waals surface area contributed by atoms with Gasteiger partial charge in [-0.3, -0.25) is 0 Å². The molecule has 96 valence electrons. The zero-order valence-electron chi connectivity index (χ0n) is 9.45. The van der Waals surface area contributed by atoms with Gasteiger partial charge in [-0.05, 0) is 12.1 Å². The molecule has 0 N–H and O–H groups in total. The van der Waals surface area contributed by atoms with Gasteiger partial charge in [-0.2, -0.15) is 4.31 Å². The number of hydrogen-bond donors (Lipinski definition) is 0. The molecule has 0 saturated heterocycles. The van der Waals surface area contributed by atoms with Gasteiger partial charge in [0.05, 0.1) is 17.7 Å². The fourth-order valence-corrected chi connectivity index (χ4v) is 3.07. The number of halogens is 1. The lowest BCUT2D eigenvalue weighted by Gasteiger charge is -2.15. The van der Waals surface area contributed by atoms with E-state index in [1.165, 1.54) is 41.0 Å². The van der Waals surface area contributed by atoms with Crippen LogP contribution in [0.1, 0.15) is 5.69 Å². The Kier molecular flexibility index (Phi) is 3.96. The largest absolute Gasteiger partial charge is 0.248 e. The second-order valence-electron chi connectivity index (χ2n) is 3.56. The first kappa shape index (κ1) is 13.4. The van der Waals surface area contributed by atoms with E-state index in [0.29, 0.717) is 5.69 Å². The van der Waals surface area contributed by atoms with E-state index in [1.807, 2.05) is 5.38 Å². The first-order chi connectivity index (χ1) is 8.50. The minimum atomic E-state index is -3.56. The zero-order chi connectivity index (χ0) is 13.2. The Balaban J connectivity index is 2.22. The predicted octanol–water partition coefficient (Wildman–Crippen LogP) is 2.01. The molecule has 5 nitrogen and oxygen atoms in total. The van der Waals surface area contributed by atoms with E-state index in [0.717, 1.165) is 0 Å². The van der Waals surface area contributed by atoms with Crippen LogP contribution in [0.5, 0.6) is 0 Å². The Hall–Kier alpha value is -1.02. The Morgan fingerprint density at radius 3 is 2.72 bits per heavy atom. The molecule has 0 saturated carbocycles. The van der Waals surface area contributed by atoms with Gasteiger partial charge in [-0.15, -0.1) is 11.3 Å². The molecule has 2 rings (SSSR count). The number of sulfonamides is 1. The van der Waals surface area contributed by atoms with Gasteiger partial charge in [0.1, 0.15) is 10.0 Å². The molecule has 8 heteroatoms. The molecule has 0 aliphatic heterocycles. The highest BCUT2D eigenvalue weighted by Crippen LogP contribution is 2.17. The van der Waals surface area contributed by atoms with Crippen LogP contribution in [0.3, 0.4) is 0 Å². The van der Waals surface area contributed by atoms with Crippen molar-refractivity contribution in [3.63, 3.8) is 0 Å². The van der Waals surface area contributed by atoms with E-state index in [2.05, 4.69) is 9.97 Å². The van der Waals surface area contributed by atoms with E-state index in [9.17, 15) is 8.42 Å². The SMILES string of the molecule is CN(Cc1cscn1)S(=O)(=O)c1ccc(Cl)nc1. The third kappa shape index (κ3) is 2.86. The Labute approximate surface area is 114 Å². The average Bonchev–Trinajstić information content (AvgIpc) is 2.82. The second-order valence-corrected chi connectivity index (χ2v) is 6.71. The third-order valence-corrected chi connectivity index (χ3v) is 4.92. The van der Waals surface area contributed by atoms with E-state index in [-0.39, 0.29) is 16.6 Å². The summed E-state index contributed by atoms with van der Waals surface area (Å²) in [5.41, 5.74) is 2.38. The molecule has 18 heavy (non-hydrogen) atoms. The summed E-state index contributed by atoms with van der Waals surface area (Å²) in [5.74, 6) is 0. The summed E-state index contributed by atoms with van der Waals surface area (Å²) in [4.78, 5) is 7.94. The highest BCUT2D eigenvalue weighted by molar-refractivity contribution is 7.89. The molecule has 0 unspecified atom stereocenters. The van der Waals surface area contributed by atoms with Crippen LogP contribution >= 0.6 is 22.9 Å². The summed E-state index contributed by atoms with van der Waals surface area (Å²) >= 11 is 7.06. The third-order valence-electron chi connectivity index (χ3n) is 2.28. The van der Waals surface area contributed by atoms with Gasteiger partial charge >= 0.3 is 0 Å². The van der Waals surface area contributed by atoms with Crippen LogP contribution in [0.25, 0.3) is 0 Å². The number of hydrogen-bond acceptors (Lipinski definition) is 5. The van der Waals surface area contributed by atoms with Crippen molar-refractivity contribution in [3.05, 3.63) is 40.1 Å². The first-order valence-corrected chi connectivity index (χ1v) is 7.71. The van der Waals surface area contributed by atoms with Crippen molar-refractivity contribution >= 4 is 33.0 Å². The topological polar surface area (TPSA) is 63.2 Å². The van der Waals surface area contributed by atoms with Gasteiger partial charge in [0.2, 0.25) is 10.0 Å². The molecule has 2 aromatic rings. The number of thiazole rings is 1.